The van der Waals surface area contributed by atoms with Gasteiger partial charge < -0.3 is 10.6 Å². The minimum absolute atomic E-state index is 0.0922. The van der Waals surface area contributed by atoms with Crippen LogP contribution in [0.2, 0.25) is 5.02 Å². The van der Waals surface area contributed by atoms with Crippen LogP contribution in [0.5, 0.6) is 0 Å². The molecule has 0 unspecified atom stereocenters. The smallest absolute Gasteiger partial charge is 0.334 e. The first-order valence-corrected chi connectivity index (χ1v) is 7.97. The Hall–Kier alpha value is -3.33. The van der Waals surface area contributed by atoms with Gasteiger partial charge in [0.2, 0.25) is 11.6 Å². The van der Waals surface area contributed by atoms with Gasteiger partial charge in [-0.2, -0.15) is 0 Å². The van der Waals surface area contributed by atoms with Gasteiger partial charge in [-0.05, 0) is 42.8 Å². The Balaban J connectivity index is 2.01. The lowest BCUT2D eigenvalue weighted by Gasteiger charge is -2.12. The van der Waals surface area contributed by atoms with Crippen molar-refractivity contribution >= 4 is 40.3 Å². The molecule has 2 aromatic carbocycles. The minimum Gasteiger partial charge on any atom is -0.334 e. The van der Waals surface area contributed by atoms with Crippen molar-refractivity contribution in [2.75, 3.05) is 10.6 Å². The zero-order chi connectivity index (χ0) is 19.6. The molecule has 0 aliphatic carbocycles. The molecular formula is C17H12ClF2N5O2. The number of aryl methyl sites for hydroxylation is 1. The standard InChI is InChI=1S/C17H12ClF2N5O2/c1-9-6-10(18)2-4-13(9)23-16-15(25(26)27)17(22-8-21-16)24-14-5-3-11(19)7-12(14)20/h2-8H,1H3,(H2,21,22,23,24). The van der Waals surface area contributed by atoms with E-state index in [1.165, 1.54) is 0 Å². The number of nitrogens with zero attached hydrogens (tertiary/aromatic N) is 3. The molecule has 0 amide bonds. The summed E-state index contributed by atoms with van der Waals surface area (Å²) in [6, 6.07) is 7.75. The van der Waals surface area contributed by atoms with Crippen molar-refractivity contribution in [2.24, 2.45) is 0 Å². The Morgan fingerprint density at radius 1 is 1.04 bits per heavy atom. The van der Waals surface area contributed by atoms with Crippen molar-refractivity contribution in [1.82, 2.24) is 9.97 Å². The van der Waals surface area contributed by atoms with E-state index in [0.29, 0.717) is 16.8 Å². The highest BCUT2D eigenvalue weighted by molar-refractivity contribution is 6.30. The quantitative estimate of drug-likeness (QED) is 0.463. The molecule has 0 spiro atoms. The zero-order valence-corrected chi connectivity index (χ0v) is 14.6. The summed E-state index contributed by atoms with van der Waals surface area (Å²) in [5, 5.41) is 17.4. The Kier molecular flexibility index (Phi) is 5.13. The molecule has 0 atom stereocenters. The van der Waals surface area contributed by atoms with E-state index >= 15 is 0 Å². The van der Waals surface area contributed by atoms with Gasteiger partial charge in [-0.3, -0.25) is 10.1 Å². The van der Waals surface area contributed by atoms with E-state index in [1.807, 2.05) is 0 Å². The second kappa shape index (κ2) is 7.50. The molecule has 0 aliphatic heterocycles. The van der Waals surface area contributed by atoms with Gasteiger partial charge in [-0.15, -0.1) is 0 Å². The van der Waals surface area contributed by atoms with Gasteiger partial charge in [0.25, 0.3) is 0 Å². The lowest BCUT2D eigenvalue weighted by molar-refractivity contribution is -0.383. The molecule has 27 heavy (non-hydrogen) atoms. The maximum atomic E-state index is 13.9. The number of hydrogen-bond donors (Lipinski definition) is 2. The normalized spacial score (nSPS) is 10.5. The lowest BCUT2D eigenvalue weighted by Crippen LogP contribution is -2.06. The highest BCUT2D eigenvalue weighted by Crippen LogP contribution is 2.34. The number of hydrogen-bond acceptors (Lipinski definition) is 6. The molecule has 10 heteroatoms. The van der Waals surface area contributed by atoms with E-state index in [-0.39, 0.29) is 17.3 Å². The van der Waals surface area contributed by atoms with Crippen LogP contribution in [0.25, 0.3) is 0 Å². The zero-order valence-electron chi connectivity index (χ0n) is 13.8. The van der Waals surface area contributed by atoms with Crippen LogP contribution in [0, 0.1) is 28.7 Å². The van der Waals surface area contributed by atoms with Crippen LogP contribution >= 0.6 is 11.6 Å². The molecule has 1 aromatic heterocycles. The summed E-state index contributed by atoms with van der Waals surface area (Å²) in [6.45, 7) is 1.77. The van der Waals surface area contributed by atoms with Crippen LogP contribution in [0.15, 0.2) is 42.7 Å². The Morgan fingerprint density at radius 2 is 1.67 bits per heavy atom. The minimum atomic E-state index is -0.911. The van der Waals surface area contributed by atoms with E-state index in [4.69, 9.17) is 11.6 Å². The van der Waals surface area contributed by atoms with Crippen molar-refractivity contribution in [3.8, 4) is 0 Å². The van der Waals surface area contributed by atoms with Crippen LogP contribution in [0.1, 0.15) is 5.56 Å². The van der Waals surface area contributed by atoms with Gasteiger partial charge in [0.15, 0.2) is 0 Å². The number of halogens is 3. The third kappa shape index (κ3) is 4.09. The molecule has 0 bridgehead atoms. The van der Waals surface area contributed by atoms with Crippen molar-refractivity contribution in [2.45, 2.75) is 6.92 Å². The Bertz CT molecular complexity index is 960. The molecule has 1 heterocycles. The van der Waals surface area contributed by atoms with E-state index < -0.39 is 22.2 Å². The predicted octanol–water partition coefficient (Wildman–Crippen LogP) is 5.11. The Morgan fingerprint density at radius 3 is 2.26 bits per heavy atom. The molecule has 0 fully saturated rings. The molecule has 0 radical (unpaired) electrons. The maximum Gasteiger partial charge on any atom is 0.353 e. The van der Waals surface area contributed by atoms with Crippen LogP contribution in [-0.2, 0) is 0 Å². The Labute approximate surface area is 157 Å². The van der Waals surface area contributed by atoms with Crippen molar-refractivity contribution in [3.63, 3.8) is 0 Å². The van der Waals surface area contributed by atoms with E-state index in [9.17, 15) is 18.9 Å². The van der Waals surface area contributed by atoms with Crippen LogP contribution in [-0.4, -0.2) is 14.9 Å². The van der Waals surface area contributed by atoms with Gasteiger partial charge in [0, 0.05) is 16.8 Å². The summed E-state index contributed by atoms with van der Waals surface area (Å²) in [5.41, 5.74) is 0.650. The van der Waals surface area contributed by atoms with Crippen LogP contribution in [0.4, 0.5) is 37.5 Å². The van der Waals surface area contributed by atoms with Gasteiger partial charge >= 0.3 is 5.69 Å². The first-order chi connectivity index (χ1) is 12.8. The average Bonchev–Trinajstić information content (AvgIpc) is 2.60. The maximum absolute atomic E-state index is 13.9. The van der Waals surface area contributed by atoms with E-state index in [0.717, 1.165) is 24.0 Å². The summed E-state index contributed by atoms with van der Waals surface area (Å²) in [7, 11) is 0. The fourth-order valence-corrected chi connectivity index (χ4v) is 2.57. The van der Waals surface area contributed by atoms with Gasteiger partial charge in [0.05, 0.1) is 10.6 Å². The SMILES string of the molecule is Cc1cc(Cl)ccc1Nc1ncnc(Nc2ccc(F)cc2F)c1[N+](=O)[O-]. The number of benzene rings is 2. The highest BCUT2D eigenvalue weighted by atomic mass is 35.5. The summed E-state index contributed by atoms with van der Waals surface area (Å²) >= 11 is 5.91. The van der Waals surface area contributed by atoms with Gasteiger partial charge in [-0.1, -0.05) is 11.6 Å². The lowest BCUT2D eigenvalue weighted by atomic mass is 10.2. The number of anilines is 4. The third-order valence-corrected chi connectivity index (χ3v) is 3.87. The number of nitro groups is 1. The van der Waals surface area contributed by atoms with Gasteiger partial charge in [0.1, 0.15) is 18.0 Å². The molecule has 0 saturated heterocycles. The van der Waals surface area contributed by atoms with E-state index in [2.05, 4.69) is 20.6 Å². The molecule has 3 aromatic rings. The number of nitrogens with one attached hydrogen (secondary N) is 2. The molecule has 0 aliphatic rings. The molecule has 0 saturated carbocycles. The number of rotatable bonds is 5. The third-order valence-electron chi connectivity index (χ3n) is 3.63. The number of aromatic nitrogens is 2. The second-order valence-corrected chi connectivity index (χ2v) is 5.95. The fourth-order valence-electron chi connectivity index (χ4n) is 2.35. The monoisotopic (exact) mass is 391 g/mol. The first-order valence-electron chi connectivity index (χ1n) is 7.60. The molecular weight excluding hydrogens is 380 g/mol. The first kappa shape index (κ1) is 18.5. The molecule has 138 valence electrons. The van der Waals surface area contributed by atoms with Crippen molar-refractivity contribution in [3.05, 3.63) is 75.1 Å². The van der Waals surface area contributed by atoms with Crippen LogP contribution in [0.3, 0.4) is 0 Å². The largest absolute Gasteiger partial charge is 0.353 e. The predicted molar refractivity (Wildman–Crippen MR) is 97.8 cm³/mol. The topological polar surface area (TPSA) is 93.0 Å². The fraction of sp³-hybridized carbons (Fsp3) is 0.0588. The molecule has 7 nitrogen and oxygen atoms in total. The summed E-state index contributed by atoms with van der Waals surface area (Å²) in [6.07, 6.45) is 1.09. The van der Waals surface area contributed by atoms with Crippen molar-refractivity contribution < 1.29 is 13.7 Å². The summed E-state index contributed by atoms with van der Waals surface area (Å²) in [5.74, 6) is -2.01. The summed E-state index contributed by atoms with van der Waals surface area (Å²) < 4.78 is 26.9. The second-order valence-electron chi connectivity index (χ2n) is 5.51. The molecule has 2 N–H and O–H groups in total. The highest BCUT2D eigenvalue weighted by Gasteiger charge is 2.24. The average molecular weight is 392 g/mol. The van der Waals surface area contributed by atoms with E-state index in [1.54, 1.807) is 25.1 Å². The molecule has 3 rings (SSSR count). The van der Waals surface area contributed by atoms with Crippen molar-refractivity contribution in [1.29, 1.82) is 0 Å². The van der Waals surface area contributed by atoms with Gasteiger partial charge in [-0.25, -0.2) is 18.7 Å². The van der Waals surface area contributed by atoms with Crippen LogP contribution < -0.4 is 10.6 Å². The summed E-state index contributed by atoms with van der Waals surface area (Å²) in [4.78, 5) is 18.6.